The number of hydrogen-bond donors (Lipinski definition) is 3. The number of amides is 3. The minimum atomic E-state index is -1.08. The number of carbonyl (C=O) groups excluding carboxylic acids is 3. The van der Waals surface area contributed by atoms with E-state index < -0.39 is 35.1 Å². The molecule has 0 saturated carbocycles. The van der Waals surface area contributed by atoms with Crippen LogP contribution in [0.15, 0.2) is 30.3 Å². The summed E-state index contributed by atoms with van der Waals surface area (Å²) in [5, 5.41) is 16.2. The Labute approximate surface area is 201 Å². The lowest BCUT2D eigenvalue weighted by molar-refractivity contribution is -0.150. The maximum absolute atomic E-state index is 14.0. The van der Waals surface area contributed by atoms with E-state index in [9.17, 15) is 19.5 Å². The molecule has 34 heavy (non-hydrogen) atoms. The second-order valence-corrected chi connectivity index (χ2v) is 10.5. The predicted octanol–water partition coefficient (Wildman–Crippen LogP) is 1.61. The highest BCUT2D eigenvalue weighted by molar-refractivity contribution is 5.99. The number of hydrogen-bond acceptors (Lipinski definition) is 5. The summed E-state index contributed by atoms with van der Waals surface area (Å²) in [7, 11) is 0. The van der Waals surface area contributed by atoms with Crippen molar-refractivity contribution in [3.8, 4) is 0 Å². The number of fused-ring (bicyclic) bond motifs is 1. The van der Waals surface area contributed by atoms with Crippen LogP contribution in [0.1, 0.15) is 52.5 Å². The minimum absolute atomic E-state index is 0.0752. The van der Waals surface area contributed by atoms with E-state index in [0.29, 0.717) is 25.9 Å². The van der Waals surface area contributed by atoms with Gasteiger partial charge in [0.05, 0.1) is 30.1 Å². The van der Waals surface area contributed by atoms with E-state index in [4.69, 9.17) is 4.74 Å². The summed E-state index contributed by atoms with van der Waals surface area (Å²) < 4.78 is 6.58. The molecular weight excluding hydrogens is 434 g/mol. The van der Waals surface area contributed by atoms with Crippen molar-refractivity contribution in [2.75, 3.05) is 13.2 Å². The molecular formula is C26H37N3O5. The summed E-state index contributed by atoms with van der Waals surface area (Å²) in [4.78, 5) is 42.5. The van der Waals surface area contributed by atoms with Crippen LogP contribution in [-0.2, 0) is 25.7 Å². The Hall–Kier alpha value is -2.45. The molecule has 0 aliphatic carbocycles. The molecule has 1 spiro atoms. The first-order valence-corrected chi connectivity index (χ1v) is 12.4. The third kappa shape index (κ3) is 3.81. The zero-order chi connectivity index (χ0) is 24.7. The summed E-state index contributed by atoms with van der Waals surface area (Å²) >= 11 is 0. The number of carbonyl (C=O) groups is 3. The summed E-state index contributed by atoms with van der Waals surface area (Å²) in [6.45, 7) is 8.29. The number of nitrogens with one attached hydrogen (secondary N) is 2. The SMILES string of the molecule is CCCNC(=O)[C@@H]1[C@H]2C(=O)N([C@@H](CO)C(C)C)C(C(=O)NCc3ccccc3)C23CC[C@@]1(C)O3. The van der Waals surface area contributed by atoms with Crippen molar-refractivity contribution >= 4 is 17.7 Å². The number of ether oxygens (including phenoxy) is 1. The van der Waals surface area contributed by atoms with Gasteiger partial charge in [-0.15, -0.1) is 0 Å². The molecule has 8 heteroatoms. The second-order valence-electron chi connectivity index (χ2n) is 10.5. The Bertz CT molecular complexity index is 938. The fourth-order valence-electron chi connectivity index (χ4n) is 6.28. The van der Waals surface area contributed by atoms with Gasteiger partial charge in [-0.2, -0.15) is 0 Å². The van der Waals surface area contributed by atoms with Crippen LogP contribution in [0.5, 0.6) is 0 Å². The Morgan fingerprint density at radius 2 is 1.88 bits per heavy atom. The molecule has 3 fully saturated rings. The van der Waals surface area contributed by atoms with Gasteiger partial charge in [-0.25, -0.2) is 0 Å². The molecule has 4 rings (SSSR count). The van der Waals surface area contributed by atoms with Crippen LogP contribution in [0.2, 0.25) is 0 Å². The summed E-state index contributed by atoms with van der Waals surface area (Å²) in [5.74, 6) is -2.26. The van der Waals surface area contributed by atoms with E-state index in [-0.39, 0.29) is 30.2 Å². The third-order valence-electron chi connectivity index (χ3n) is 7.92. The van der Waals surface area contributed by atoms with Crippen LogP contribution in [0.25, 0.3) is 0 Å². The highest BCUT2D eigenvalue weighted by Crippen LogP contribution is 2.63. The van der Waals surface area contributed by atoms with Crippen LogP contribution >= 0.6 is 0 Å². The normalized spacial score (nSPS) is 32.7. The highest BCUT2D eigenvalue weighted by atomic mass is 16.5. The molecule has 2 unspecified atom stereocenters. The molecule has 1 aromatic rings. The molecule has 6 atom stereocenters. The van der Waals surface area contributed by atoms with Crippen molar-refractivity contribution in [3.05, 3.63) is 35.9 Å². The van der Waals surface area contributed by atoms with E-state index in [1.54, 1.807) is 0 Å². The zero-order valence-corrected chi connectivity index (χ0v) is 20.5. The first kappa shape index (κ1) is 24.7. The predicted molar refractivity (Wildman–Crippen MR) is 126 cm³/mol. The fourth-order valence-corrected chi connectivity index (χ4v) is 6.28. The van der Waals surface area contributed by atoms with Crippen LogP contribution < -0.4 is 10.6 Å². The van der Waals surface area contributed by atoms with Crippen LogP contribution in [0, 0.1) is 17.8 Å². The molecule has 3 aliphatic heterocycles. The number of benzene rings is 1. The van der Waals surface area contributed by atoms with Crippen LogP contribution in [0.3, 0.4) is 0 Å². The van der Waals surface area contributed by atoms with Gasteiger partial charge in [0.1, 0.15) is 11.6 Å². The maximum atomic E-state index is 14.0. The van der Waals surface area contributed by atoms with Gasteiger partial charge in [0.2, 0.25) is 17.7 Å². The molecule has 3 saturated heterocycles. The van der Waals surface area contributed by atoms with Crippen molar-refractivity contribution < 1.29 is 24.2 Å². The van der Waals surface area contributed by atoms with Gasteiger partial charge in [0.15, 0.2) is 0 Å². The number of aliphatic hydroxyl groups is 1. The average Bonchev–Trinajstić information content (AvgIpc) is 3.38. The molecule has 3 heterocycles. The summed E-state index contributed by atoms with van der Waals surface area (Å²) in [6.07, 6.45) is 1.91. The van der Waals surface area contributed by atoms with Gasteiger partial charge in [-0.05, 0) is 37.7 Å². The molecule has 0 aromatic heterocycles. The smallest absolute Gasteiger partial charge is 0.246 e. The quantitative estimate of drug-likeness (QED) is 0.507. The Kier molecular flexibility index (Phi) is 6.75. The largest absolute Gasteiger partial charge is 0.394 e. The Balaban J connectivity index is 1.71. The molecule has 186 valence electrons. The molecule has 1 aromatic carbocycles. The zero-order valence-electron chi connectivity index (χ0n) is 20.5. The third-order valence-corrected chi connectivity index (χ3v) is 7.92. The van der Waals surface area contributed by atoms with Crippen molar-refractivity contribution in [1.29, 1.82) is 0 Å². The van der Waals surface area contributed by atoms with Gasteiger partial charge >= 0.3 is 0 Å². The monoisotopic (exact) mass is 471 g/mol. The summed E-state index contributed by atoms with van der Waals surface area (Å²) in [5.41, 5.74) is -0.929. The van der Waals surface area contributed by atoms with Gasteiger partial charge in [0, 0.05) is 13.1 Å². The van der Waals surface area contributed by atoms with E-state index >= 15 is 0 Å². The molecule has 3 amide bonds. The fraction of sp³-hybridized carbons (Fsp3) is 0.654. The number of rotatable bonds is 9. The van der Waals surface area contributed by atoms with Gasteiger partial charge < -0.3 is 25.4 Å². The van der Waals surface area contributed by atoms with Gasteiger partial charge in [0.25, 0.3) is 0 Å². The van der Waals surface area contributed by atoms with Gasteiger partial charge in [-0.1, -0.05) is 51.1 Å². The second kappa shape index (κ2) is 9.30. The van der Waals surface area contributed by atoms with Crippen molar-refractivity contribution in [2.45, 2.75) is 76.8 Å². The van der Waals surface area contributed by atoms with E-state index in [1.165, 1.54) is 4.90 Å². The Morgan fingerprint density at radius 3 is 2.50 bits per heavy atom. The van der Waals surface area contributed by atoms with Crippen LogP contribution in [-0.4, -0.2) is 64.2 Å². The van der Waals surface area contributed by atoms with Crippen molar-refractivity contribution in [1.82, 2.24) is 15.5 Å². The first-order valence-electron chi connectivity index (χ1n) is 12.4. The van der Waals surface area contributed by atoms with E-state index in [0.717, 1.165) is 12.0 Å². The van der Waals surface area contributed by atoms with E-state index in [2.05, 4.69) is 10.6 Å². The summed E-state index contributed by atoms with van der Waals surface area (Å²) in [6, 6.07) is 8.13. The molecule has 8 nitrogen and oxygen atoms in total. The van der Waals surface area contributed by atoms with E-state index in [1.807, 2.05) is 58.0 Å². The first-order chi connectivity index (χ1) is 16.2. The molecule has 3 N–H and O–H groups in total. The lowest BCUT2D eigenvalue weighted by atomic mass is 9.66. The number of likely N-dealkylation sites (tertiary alicyclic amines) is 1. The number of nitrogens with zero attached hydrogens (tertiary/aromatic N) is 1. The lowest BCUT2D eigenvalue weighted by Crippen LogP contribution is -2.58. The highest BCUT2D eigenvalue weighted by Gasteiger charge is 2.78. The average molecular weight is 472 g/mol. The molecule has 2 bridgehead atoms. The maximum Gasteiger partial charge on any atom is 0.246 e. The standard InChI is InChI=1S/C26H37N3O5/c1-5-13-27-22(31)19-20-24(33)29(18(15-30)16(2)3)21(26(20)12-11-25(19,4)34-26)23(32)28-14-17-9-7-6-8-10-17/h6-10,16,18-21,30H,5,11-15H2,1-4H3,(H,27,31)(H,28,32)/t18-,19-,20-,21?,25+,26?/m0/s1. The lowest BCUT2D eigenvalue weighted by Gasteiger charge is -2.38. The number of aliphatic hydroxyl groups excluding tert-OH is 1. The van der Waals surface area contributed by atoms with Gasteiger partial charge in [-0.3, -0.25) is 14.4 Å². The topological polar surface area (TPSA) is 108 Å². The molecule has 0 radical (unpaired) electrons. The van der Waals surface area contributed by atoms with Crippen molar-refractivity contribution in [2.24, 2.45) is 17.8 Å². The van der Waals surface area contributed by atoms with Crippen molar-refractivity contribution in [3.63, 3.8) is 0 Å². The molecule has 3 aliphatic rings. The van der Waals surface area contributed by atoms with Crippen LogP contribution in [0.4, 0.5) is 0 Å². The minimum Gasteiger partial charge on any atom is -0.394 e. The Morgan fingerprint density at radius 1 is 1.18 bits per heavy atom.